The fraction of sp³-hybridized carbons (Fsp3) is 0.222. The van der Waals surface area contributed by atoms with Gasteiger partial charge < -0.3 is 19.9 Å². The third-order valence-electron chi connectivity index (χ3n) is 3.85. The maximum Gasteiger partial charge on any atom is 0.277 e. The molecule has 9 heteroatoms. The topological polar surface area (TPSA) is 114 Å². The molecule has 0 radical (unpaired) electrons. The molecule has 1 aliphatic rings. The maximum absolute atomic E-state index is 12.2. The Morgan fingerprint density at radius 1 is 1.07 bits per heavy atom. The number of ether oxygens (including phenoxy) is 2. The zero-order valence-corrected chi connectivity index (χ0v) is 14.8. The van der Waals surface area contributed by atoms with Crippen LogP contribution in [0.2, 0.25) is 0 Å². The number of β-amino-alcohol motifs (C(OH)–C–C–N with tert-alkyl or cyclic N) is 1. The number of aromatic nitrogens is 2. The molecule has 140 valence electrons. The number of nitrogens with zero attached hydrogens (tertiary/aromatic N) is 3. The highest BCUT2D eigenvalue weighted by Crippen LogP contribution is 2.24. The molecule has 3 rings (SSSR count). The average Bonchev–Trinajstić information content (AvgIpc) is 2.95. The van der Waals surface area contributed by atoms with Crippen molar-refractivity contribution in [1.29, 1.82) is 0 Å². The molecule has 1 aromatic heterocycles. The number of carbonyl (C=O) groups is 2. The number of aliphatic hydroxyl groups is 1. The molecule has 9 nitrogen and oxygen atoms in total. The van der Waals surface area contributed by atoms with Gasteiger partial charge in [0, 0.05) is 17.3 Å². The number of benzene rings is 1. The lowest BCUT2D eigenvalue weighted by molar-refractivity contribution is -0.137. The fourth-order valence-corrected chi connectivity index (χ4v) is 2.51. The molecule has 2 N–H and O–H groups in total. The molecule has 1 aromatic carbocycles. The Morgan fingerprint density at radius 3 is 2.26 bits per heavy atom. The maximum atomic E-state index is 12.2. The Labute approximate surface area is 155 Å². The second kappa shape index (κ2) is 7.83. The van der Waals surface area contributed by atoms with E-state index in [1.807, 2.05) is 0 Å². The number of hydrogen-bond donors (Lipinski definition) is 2. The third-order valence-corrected chi connectivity index (χ3v) is 3.85. The summed E-state index contributed by atoms with van der Waals surface area (Å²) in [6.45, 7) is -0.315. The van der Waals surface area contributed by atoms with Gasteiger partial charge in [0.05, 0.1) is 33.4 Å². The lowest BCUT2D eigenvalue weighted by Gasteiger charge is -2.13. The molecule has 0 saturated carbocycles. The van der Waals surface area contributed by atoms with E-state index in [2.05, 4.69) is 15.3 Å². The van der Waals surface area contributed by atoms with Crippen molar-refractivity contribution in [3.8, 4) is 23.1 Å². The van der Waals surface area contributed by atoms with E-state index in [1.54, 1.807) is 30.3 Å². The van der Waals surface area contributed by atoms with E-state index in [1.165, 1.54) is 20.3 Å². The smallest absolute Gasteiger partial charge is 0.277 e. The summed E-state index contributed by atoms with van der Waals surface area (Å²) in [6, 6.07) is 8.58. The van der Waals surface area contributed by atoms with Gasteiger partial charge in [-0.1, -0.05) is 0 Å². The van der Waals surface area contributed by atoms with Gasteiger partial charge in [-0.3, -0.25) is 14.5 Å². The van der Waals surface area contributed by atoms with Crippen molar-refractivity contribution in [3.63, 3.8) is 0 Å². The summed E-state index contributed by atoms with van der Waals surface area (Å²) in [7, 11) is 3.01. The number of methoxy groups -OCH3 is 2. The van der Waals surface area contributed by atoms with E-state index >= 15 is 0 Å². The Kier molecular flexibility index (Phi) is 5.32. The molecule has 0 saturated heterocycles. The minimum Gasteiger partial charge on any atom is -0.481 e. The van der Waals surface area contributed by atoms with Crippen LogP contribution in [0, 0.1) is 0 Å². The summed E-state index contributed by atoms with van der Waals surface area (Å²) >= 11 is 0. The zero-order valence-electron chi connectivity index (χ0n) is 14.8. The number of nitrogens with one attached hydrogen (secondary N) is 1. The first-order valence-corrected chi connectivity index (χ1v) is 8.08. The molecule has 1 aliphatic heterocycles. The SMILES string of the molecule is COc1cc(OC)nc(-c2ccc(NC3=CC(=O)N(CCO)C3=O)cc2)n1. The van der Waals surface area contributed by atoms with Gasteiger partial charge in [-0.25, -0.2) is 0 Å². The van der Waals surface area contributed by atoms with E-state index in [0.29, 0.717) is 23.3 Å². The number of amides is 2. The van der Waals surface area contributed by atoms with Crippen LogP contribution in [-0.2, 0) is 9.59 Å². The van der Waals surface area contributed by atoms with Crippen LogP contribution in [0.1, 0.15) is 0 Å². The van der Waals surface area contributed by atoms with E-state index < -0.39 is 11.8 Å². The summed E-state index contributed by atoms with van der Waals surface area (Å²) in [6.07, 6.45) is 1.21. The normalized spacial score (nSPS) is 13.6. The number of imide groups is 1. The largest absolute Gasteiger partial charge is 0.481 e. The van der Waals surface area contributed by atoms with Crippen LogP contribution in [0.4, 0.5) is 5.69 Å². The van der Waals surface area contributed by atoms with E-state index in [-0.39, 0.29) is 18.8 Å². The second-order valence-electron chi connectivity index (χ2n) is 5.56. The van der Waals surface area contributed by atoms with Crippen molar-refractivity contribution < 1.29 is 24.2 Å². The predicted molar refractivity (Wildman–Crippen MR) is 96.1 cm³/mol. The Hall–Kier alpha value is -3.46. The second-order valence-corrected chi connectivity index (χ2v) is 5.56. The third kappa shape index (κ3) is 3.87. The number of hydrogen-bond acceptors (Lipinski definition) is 8. The lowest BCUT2D eigenvalue weighted by Crippen LogP contribution is -2.34. The Bertz CT molecular complexity index is 873. The molecule has 0 unspecified atom stereocenters. The van der Waals surface area contributed by atoms with E-state index in [4.69, 9.17) is 14.6 Å². The lowest BCUT2D eigenvalue weighted by atomic mass is 10.2. The summed E-state index contributed by atoms with van der Waals surface area (Å²) in [5.74, 6) is 0.258. The molecule has 27 heavy (non-hydrogen) atoms. The van der Waals surface area contributed by atoms with Gasteiger partial charge in [0.1, 0.15) is 5.70 Å². The zero-order chi connectivity index (χ0) is 19.4. The van der Waals surface area contributed by atoms with Crippen LogP contribution in [0.5, 0.6) is 11.8 Å². The summed E-state index contributed by atoms with van der Waals surface area (Å²) < 4.78 is 10.3. The quantitative estimate of drug-likeness (QED) is 0.689. The van der Waals surface area contributed by atoms with Crippen LogP contribution in [0.25, 0.3) is 11.4 Å². The van der Waals surface area contributed by atoms with Crippen LogP contribution in [-0.4, -0.2) is 59.2 Å². The number of rotatable bonds is 7. The van der Waals surface area contributed by atoms with Gasteiger partial charge in [-0.15, -0.1) is 0 Å². The van der Waals surface area contributed by atoms with Gasteiger partial charge in [-0.2, -0.15) is 9.97 Å². The molecule has 0 bridgehead atoms. The van der Waals surface area contributed by atoms with Crippen LogP contribution in [0.15, 0.2) is 42.1 Å². The van der Waals surface area contributed by atoms with Crippen molar-refractivity contribution in [1.82, 2.24) is 14.9 Å². The fourth-order valence-electron chi connectivity index (χ4n) is 2.51. The molecular weight excluding hydrogens is 352 g/mol. The van der Waals surface area contributed by atoms with Gasteiger partial charge in [-0.05, 0) is 24.3 Å². The average molecular weight is 370 g/mol. The van der Waals surface area contributed by atoms with Crippen LogP contribution < -0.4 is 14.8 Å². The highest BCUT2D eigenvalue weighted by atomic mass is 16.5. The Balaban J connectivity index is 1.78. The van der Waals surface area contributed by atoms with Gasteiger partial charge in [0.15, 0.2) is 5.82 Å². The summed E-state index contributed by atoms with van der Waals surface area (Å²) in [4.78, 5) is 33.5. The number of carbonyl (C=O) groups excluding carboxylic acids is 2. The molecule has 2 heterocycles. The van der Waals surface area contributed by atoms with Crippen molar-refractivity contribution in [2.75, 3.05) is 32.7 Å². The van der Waals surface area contributed by atoms with Crippen molar-refractivity contribution in [3.05, 3.63) is 42.1 Å². The molecule has 2 amide bonds. The molecular formula is C18H18N4O5. The monoisotopic (exact) mass is 370 g/mol. The first-order valence-electron chi connectivity index (χ1n) is 8.08. The van der Waals surface area contributed by atoms with Crippen molar-refractivity contribution in [2.24, 2.45) is 0 Å². The highest BCUT2D eigenvalue weighted by molar-refractivity contribution is 6.17. The standard InChI is InChI=1S/C18H18N4O5/c1-26-14-10-15(27-2)21-17(20-14)11-3-5-12(6-4-11)19-13-9-16(24)22(7-8-23)18(13)25/h3-6,9-10,19,23H,7-8H2,1-2H3. The number of aliphatic hydroxyl groups excluding tert-OH is 1. The first kappa shape index (κ1) is 18.3. The van der Waals surface area contributed by atoms with E-state index in [0.717, 1.165) is 10.5 Å². The van der Waals surface area contributed by atoms with Gasteiger partial charge >= 0.3 is 0 Å². The van der Waals surface area contributed by atoms with Crippen LogP contribution in [0.3, 0.4) is 0 Å². The summed E-state index contributed by atoms with van der Waals surface area (Å²) in [5, 5.41) is 11.8. The molecule has 0 spiro atoms. The predicted octanol–water partition coefficient (Wildman–Crippen LogP) is 0.818. The first-order chi connectivity index (χ1) is 13.0. The van der Waals surface area contributed by atoms with E-state index in [9.17, 15) is 9.59 Å². The molecule has 0 atom stereocenters. The summed E-state index contributed by atoms with van der Waals surface area (Å²) in [5.41, 5.74) is 1.50. The van der Waals surface area contributed by atoms with Gasteiger partial charge in [0.2, 0.25) is 11.8 Å². The minimum atomic E-state index is -0.473. The minimum absolute atomic E-state index is 0.0344. The van der Waals surface area contributed by atoms with Crippen molar-refractivity contribution in [2.45, 2.75) is 0 Å². The molecule has 0 fully saturated rings. The van der Waals surface area contributed by atoms with Crippen LogP contribution >= 0.6 is 0 Å². The molecule has 2 aromatic rings. The number of anilines is 1. The molecule has 0 aliphatic carbocycles. The van der Waals surface area contributed by atoms with Crippen molar-refractivity contribution >= 4 is 17.5 Å². The van der Waals surface area contributed by atoms with Gasteiger partial charge in [0.25, 0.3) is 11.8 Å². The highest BCUT2D eigenvalue weighted by Gasteiger charge is 2.30. The Morgan fingerprint density at radius 2 is 1.70 bits per heavy atom.